The predicted octanol–water partition coefficient (Wildman–Crippen LogP) is 4.02. The Morgan fingerprint density at radius 3 is 2.64 bits per heavy atom. The SMILES string of the molecule is CCC(C)Sc1nnc(NS(=O)(=O)Cc2ccc(Cl)cc2)s1. The number of benzene rings is 1. The molecule has 22 heavy (non-hydrogen) atoms. The van der Waals surface area contributed by atoms with Crippen molar-refractivity contribution in [3.05, 3.63) is 34.9 Å². The maximum atomic E-state index is 12.1. The number of nitrogens with one attached hydrogen (secondary N) is 1. The summed E-state index contributed by atoms with van der Waals surface area (Å²) in [6.07, 6.45) is 1.02. The number of hydrogen-bond donors (Lipinski definition) is 1. The van der Waals surface area contributed by atoms with Gasteiger partial charge in [-0.25, -0.2) is 8.42 Å². The van der Waals surface area contributed by atoms with E-state index in [0.29, 0.717) is 21.0 Å². The fourth-order valence-electron chi connectivity index (χ4n) is 1.52. The van der Waals surface area contributed by atoms with Gasteiger partial charge in [-0.1, -0.05) is 60.7 Å². The fourth-order valence-corrected chi connectivity index (χ4v) is 5.06. The van der Waals surface area contributed by atoms with Gasteiger partial charge in [0.1, 0.15) is 0 Å². The molecule has 2 rings (SSSR count). The highest BCUT2D eigenvalue weighted by atomic mass is 35.5. The van der Waals surface area contributed by atoms with Crippen molar-refractivity contribution in [3.8, 4) is 0 Å². The molecule has 1 unspecified atom stereocenters. The molecule has 0 bridgehead atoms. The van der Waals surface area contributed by atoms with Gasteiger partial charge < -0.3 is 0 Å². The zero-order valence-electron chi connectivity index (χ0n) is 12.1. The first-order valence-corrected chi connectivity index (χ1v) is 10.4. The van der Waals surface area contributed by atoms with Gasteiger partial charge in [-0.2, -0.15) is 0 Å². The summed E-state index contributed by atoms with van der Waals surface area (Å²) in [5.41, 5.74) is 0.663. The zero-order chi connectivity index (χ0) is 16.2. The van der Waals surface area contributed by atoms with Crippen LogP contribution in [0, 0.1) is 0 Å². The van der Waals surface area contributed by atoms with Crippen molar-refractivity contribution in [1.29, 1.82) is 0 Å². The molecule has 1 aromatic heterocycles. The second-order valence-electron chi connectivity index (χ2n) is 4.70. The highest BCUT2D eigenvalue weighted by Crippen LogP contribution is 2.30. The molecule has 120 valence electrons. The van der Waals surface area contributed by atoms with Crippen LogP contribution < -0.4 is 4.72 Å². The normalized spacial score (nSPS) is 13.0. The molecule has 2 aromatic rings. The molecule has 0 saturated heterocycles. The van der Waals surface area contributed by atoms with Gasteiger partial charge in [-0.05, 0) is 24.1 Å². The first-order valence-electron chi connectivity index (χ1n) is 6.63. The first-order chi connectivity index (χ1) is 10.4. The second-order valence-corrected chi connectivity index (χ2v) is 9.52. The molecule has 0 amide bonds. The van der Waals surface area contributed by atoms with E-state index in [2.05, 4.69) is 28.8 Å². The van der Waals surface area contributed by atoms with E-state index >= 15 is 0 Å². The van der Waals surface area contributed by atoms with E-state index in [0.717, 1.165) is 10.8 Å². The molecule has 0 saturated carbocycles. The molecule has 0 spiro atoms. The molecule has 0 aliphatic heterocycles. The van der Waals surface area contributed by atoms with E-state index in [-0.39, 0.29) is 5.75 Å². The minimum atomic E-state index is -3.52. The maximum absolute atomic E-state index is 12.1. The Morgan fingerprint density at radius 2 is 2.00 bits per heavy atom. The Balaban J connectivity index is 2.01. The highest BCUT2D eigenvalue weighted by molar-refractivity contribution is 8.01. The van der Waals surface area contributed by atoms with Gasteiger partial charge in [0.15, 0.2) is 4.34 Å². The standard InChI is InChI=1S/C13H16ClN3O2S3/c1-3-9(2)20-13-16-15-12(21-13)17-22(18,19)8-10-4-6-11(14)7-5-10/h4-7,9H,3,8H2,1-2H3,(H,15,17). The quantitative estimate of drug-likeness (QED) is 0.737. The monoisotopic (exact) mass is 377 g/mol. The van der Waals surface area contributed by atoms with Crippen LogP contribution in [-0.4, -0.2) is 23.9 Å². The summed E-state index contributed by atoms with van der Waals surface area (Å²) in [6.45, 7) is 4.19. The third-order valence-electron chi connectivity index (χ3n) is 2.80. The van der Waals surface area contributed by atoms with Gasteiger partial charge in [-0.15, -0.1) is 10.2 Å². The molecule has 1 atom stereocenters. The van der Waals surface area contributed by atoms with Crippen molar-refractivity contribution in [2.75, 3.05) is 4.72 Å². The minimum absolute atomic E-state index is 0.127. The molecule has 0 aliphatic rings. The molecule has 1 heterocycles. The van der Waals surface area contributed by atoms with Crippen molar-refractivity contribution in [2.24, 2.45) is 0 Å². The van der Waals surface area contributed by atoms with Gasteiger partial charge >= 0.3 is 0 Å². The van der Waals surface area contributed by atoms with Crippen molar-refractivity contribution in [3.63, 3.8) is 0 Å². The summed E-state index contributed by atoms with van der Waals surface area (Å²) in [7, 11) is -3.52. The molecule has 9 heteroatoms. The van der Waals surface area contributed by atoms with Crippen LogP contribution >= 0.6 is 34.7 Å². The summed E-state index contributed by atoms with van der Waals surface area (Å²) in [6, 6.07) is 6.70. The van der Waals surface area contributed by atoms with Gasteiger partial charge in [-0.3, -0.25) is 4.72 Å². The number of halogens is 1. The minimum Gasteiger partial charge on any atom is -0.257 e. The third-order valence-corrected chi connectivity index (χ3v) is 6.59. The predicted molar refractivity (Wildman–Crippen MR) is 93.2 cm³/mol. The lowest BCUT2D eigenvalue weighted by Crippen LogP contribution is -2.14. The smallest absolute Gasteiger partial charge is 0.238 e. The number of anilines is 1. The average molecular weight is 378 g/mol. The summed E-state index contributed by atoms with van der Waals surface area (Å²) in [5, 5.41) is 9.16. The van der Waals surface area contributed by atoms with Crippen molar-refractivity contribution >= 4 is 49.9 Å². The topological polar surface area (TPSA) is 72.0 Å². The first kappa shape index (κ1) is 17.5. The van der Waals surface area contributed by atoms with Crippen LogP contribution in [0.2, 0.25) is 5.02 Å². The lowest BCUT2D eigenvalue weighted by atomic mass is 10.2. The van der Waals surface area contributed by atoms with E-state index < -0.39 is 10.0 Å². The van der Waals surface area contributed by atoms with E-state index in [1.165, 1.54) is 11.3 Å². The van der Waals surface area contributed by atoms with Crippen LogP contribution in [0.1, 0.15) is 25.8 Å². The molecular formula is C13H16ClN3O2S3. The summed E-state index contributed by atoms with van der Waals surface area (Å²) >= 11 is 8.62. The lowest BCUT2D eigenvalue weighted by molar-refractivity contribution is 0.600. The Kier molecular flexibility index (Phi) is 6.08. The van der Waals surface area contributed by atoms with Crippen molar-refractivity contribution in [1.82, 2.24) is 10.2 Å². The lowest BCUT2D eigenvalue weighted by Gasteiger charge is -2.05. The number of nitrogens with zero attached hydrogens (tertiary/aromatic N) is 2. The van der Waals surface area contributed by atoms with Crippen LogP contribution in [-0.2, 0) is 15.8 Å². The Hall–Kier alpha value is -0.830. The van der Waals surface area contributed by atoms with Gasteiger partial charge in [0.2, 0.25) is 15.2 Å². The summed E-state index contributed by atoms with van der Waals surface area (Å²) in [4.78, 5) is 0. The van der Waals surface area contributed by atoms with Crippen LogP contribution in [0.4, 0.5) is 5.13 Å². The van der Waals surface area contributed by atoms with Gasteiger partial charge in [0.05, 0.1) is 5.75 Å². The van der Waals surface area contributed by atoms with Crippen LogP contribution in [0.25, 0.3) is 0 Å². The van der Waals surface area contributed by atoms with E-state index in [9.17, 15) is 8.42 Å². The van der Waals surface area contributed by atoms with E-state index in [4.69, 9.17) is 11.6 Å². The third kappa shape index (κ3) is 5.42. The Labute approximate surface area is 143 Å². The van der Waals surface area contributed by atoms with Crippen LogP contribution in [0.5, 0.6) is 0 Å². The van der Waals surface area contributed by atoms with Crippen molar-refractivity contribution < 1.29 is 8.42 Å². The molecular weight excluding hydrogens is 362 g/mol. The largest absolute Gasteiger partial charge is 0.257 e. The van der Waals surface area contributed by atoms with Gasteiger partial charge in [0.25, 0.3) is 0 Å². The number of sulfonamides is 1. The summed E-state index contributed by atoms with van der Waals surface area (Å²) < 4.78 is 27.5. The molecule has 0 radical (unpaired) electrons. The number of thioether (sulfide) groups is 1. The zero-order valence-corrected chi connectivity index (χ0v) is 15.3. The van der Waals surface area contributed by atoms with Crippen LogP contribution in [0.3, 0.4) is 0 Å². The molecule has 1 aromatic carbocycles. The Morgan fingerprint density at radius 1 is 1.32 bits per heavy atom. The van der Waals surface area contributed by atoms with E-state index in [1.807, 2.05) is 0 Å². The Bertz CT molecular complexity index is 716. The highest BCUT2D eigenvalue weighted by Gasteiger charge is 2.16. The maximum Gasteiger partial charge on any atom is 0.238 e. The van der Waals surface area contributed by atoms with Crippen LogP contribution in [0.15, 0.2) is 28.6 Å². The molecule has 0 aliphatic carbocycles. The number of rotatable bonds is 7. The van der Waals surface area contributed by atoms with Crippen molar-refractivity contribution in [2.45, 2.75) is 35.6 Å². The fraction of sp³-hybridized carbons (Fsp3) is 0.385. The molecule has 0 fully saturated rings. The number of hydrogen-bond acceptors (Lipinski definition) is 6. The number of aromatic nitrogens is 2. The molecule has 5 nitrogen and oxygen atoms in total. The van der Waals surface area contributed by atoms with E-state index in [1.54, 1.807) is 36.0 Å². The molecule has 1 N–H and O–H groups in total. The average Bonchev–Trinajstić information content (AvgIpc) is 2.87. The summed E-state index contributed by atoms with van der Waals surface area (Å²) in [5.74, 6) is -0.127. The van der Waals surface area contributed by atoms with Gasteiger partial charge in [0, 0.05) is 10.3 Å². The second kappa shape index (κ2) is 7.63.